The molecule has 0 aromatic heterocycles. The Morgan fingerprint density at radius 2 is 2.00 bits per heavy atom. The van der Waals surface area contributed by atoms with E-state index in [2.05, 4.69) is 0 Å². The summed E-state index contributed by atoms with van der Waals surface area (Å²) >= 11 is 0. The molecule has 3 nitrogen and oxygen atoms in total. The second-order valence-corrected chi connectivity index (χ2v) is 3.18. The van der Waals surface area contributed by atoms with Gasteiger partial charge < -0.3 is 9.47 Å². The largest absolute Gasteiger partial charge is 0.466 e. The van der Waals surface area contributed by atoms with E-state index in [1.807, 2.05) is 20.8 Å². The molecule has 0 saturated heterocycles. The summed E-state index contributed by atoms with van der Waals surface area (Å²) in [5.74, 6) is -0.105. The van der Waals surface area contributed by atoms with Crippen LogP contribution in [0.3, 0.4) is 0 Å². The summed E-state index contributed by atoms with van der Waals surface area (Å²) in [6, 6.07) is 0. The minimum absolute atomic E-state index is 0.105. The zero-order valence-corrected chi connectivity index (χ0v) is 8.84. The zero-order valence-electron chi connectivity index (χ0n) is 8.84. The van der Waals surface area contributed by atoms with Crippen molar-refractivity contribution in [2.24, 2.45) is 0 Å². The van der Waals surface area contributed by atoms with Gasteiger partial charge in [-0.05, 0) is 33.6 Å². The average Bonchev–Trinajstić information content (AvgIpc) is 2.03. The maximum atomic E-state index is 10.9. The predicted octanol–water partition coefficient (Wildman–Crippen LogP) is 2.14. The Balaban J connectivity index is 3.11. The Morgan fingerprint density at radius 1 is 1.31 bits per heavy atom. The molecule has 0 N–H and O–H groups in total. The topological polar surface area (TPSA) is 35.5 Å². The van der Waals surface area contributed by atoms with Crippen molar-refractivity contribution in [2.45, 2.75) is 46.1 Å². The van der Waals surface area contributed by atoms with Gasteiger partial charge in [-0.15, -0.1) is 0 Å². The van der Waals surface area contributed by atoms with Crippen LogP contribution in [0.5, 0.6) is 0 Å². The van der Waals surface area contributed by atoms with E-state index in [0.717, 1.165) is 19.4 Å². The van der Waals surface area contributed by atoms with Gasteiger partial charge in [0.25, 0.3) is 0 Å². The SMILES string of the molecule is CCOC(=O)CCCCOC(C)C. The highest BCUT2D eigenvalue weighted by Gasteiger charge is 2.00. The summed E-state index contributed by atoms with van der Waals surface area (Å²) in [5, 5.41) is 0. The van der Waals surface area contributed by atoms with E-state index >= 15 is 0 Å². The molecule has 0 amide bonds. The van der Waals surface area contributed by atoms with E-state index < -0.39 is 0 Å². The minimum atomic E-state index is -0.105. The van der Waals surface area contributed by atoms with Crippen LogP contribution in [0.1, 0.15) is 40.0 Å². The van der Waals surface area contributed by atoms with Gasteiger partial charge in [0.15, 0.2) is 0 Å². The molecular formula is C10H20O3. The third-order valence-corrected chi connectivity index (χ3v) is 1.53. The van der Waals surface area contributed by atoms with Crippen LogP contribution < -0.4 is 0 Å². The number of carbonyl (C=O) groups is 1. The molecule has 78 valence electrons. The molecule has 0 fully saturated rings. The summed E-state index contributed by atoms with van der Waals surface area (Å²) in [7, 11) is 0. The molecule has 13 heavy (non-hydrogen) atoms. The van der Waals surface area contributed by atoms with Crippen molar-refractivity contribution >= 4 is 5.97 Å². The Kier molecular flexibility index (Phi) is 7.69. The van der Waals surface area contributed by atoms with E-state index in [1.54, 1.807) is 0 Å². The summed E-state index contributed by atoms with van der Waals surface area (Å²) < 4.78 is 10.1. The molecule has 0 aliphatic heterocycles. The highest BCUT2D eigenvalue weighted by molar-refractivity contribution is 5.69. The van der Waals surface area contributed by atoms with Crippen LogP contribution in [0.25, 0.3) is 0 Å². The molecule has 0 heterocycles. The van der Waals surface area contributed by atoms with E-state index in [-0.39, 0.29) is 12.1 Å². The average molecular weight is 188 g/mol. The quantitative estimate of drug-likeness (QED) is 0.453. The molecule has 0 rings (SSSR count). The van der Waals surface area contributed by atoms with Gasteiger partial charge in [-0.3, -0.25) is 4.79 Å². The summed E-state index contributed by atoms with van der Waals surface area (Å²) in [6.45, 7) is 7.04. The number of rotatable bonds is 7. The maximum absolute atomic E-state index is 10.9. The summed E-state index contributed by atoms with van der Waals surface area (Å²) in [5.41, 5.74) is 0. The van der Waals surface area contributed by atoms with Crippen LogP contribution >= 0.6 is 0 Å². The minimum Gasteiger partial charge on any atom is -0.466 e. The normalized spacial score (nSPS) is 10.5. The first kappa shape index (κ1) is 12.4. The number of hydrogen-bond acceptors (Lipinski definition) is 3. The van der Waals surface area contributed by atoms with Crippen molar-refractivity contribution in [1.82, 2.24) is 0 Å². The van der Waals surface area contributed by atoms with E-state index in [9.17, 15) is 4.79 Å². The standard InChI is InChI=1S/C10H20O3/c1-4-12-10(11)7-5-6-8-13-9(2)3/h9H,4-8H2,1-3H3. The van der Waals surface area contributed by atoms with Crippen molar-refractivity contribution in [3.63, 3.8) is 0 Å². The first-order valence-corrected chi connectivity index (χ1v) is 4.94. The Hall–Kier alpha value is -0.570. The summed E-state index contributed by atoms with van der Waals surface area (Å²) in [6.07, 6.45) is 2.57. The first-order valence-electron chi connectivity index (χ1n) is 4.94. The van der Waals surface area contributed by atoms with Gasteiger partial charge in [-0.25, -0.2) is 0 Å². The molecule has 0 radical (unpaired) electrons. The van der Waals surface area contributed by atoms with Gasteiger partial charge in [0.2, 0.25) is 0 Å². The number of hydrogen-bond donors (Lipinski definition) is 0. The Labute approximate surface area is 80.4 Å². The molecule has 0 bridgehead atoms. The van der Waals surface area contributed by atoms with Gasteiger partial charge in [0.1, 0.15) is 0 Å². The fourth-order valence-corrected chi connectivity index (χ4v) is 0.924. The fourth-order valence-electron chi connectivity index (χ4n) is 0.924. The lowest BCUT2D eigenvalue weighted by atomic mass is 10.2. The fraction of sp³-hybridized carbons (Fsp3) is 0.900. The molecular weight excluding hydrogens is 168 g/mol. The van der Waals surface area contributed by atoms with Crippen molar-refractivity contribution in [3.05, 3.63) is 0 Å². The third-order valence-electron chi connectivity index (χ3n) is 1.53. The van der Waals surface area contributed by atoms with Crippen molar-refractivity contribution in [2.75, 3.05) is 13.2 Å². The molecule has 0 aliphatic rings. The van der Waals surface area contributed by atoms with Crippen LogP contribution in [-0.4, -0.2) is 25.3 Å². The van der Waals surface area contributed by atoms with Gasteiger partial charge in [-0.2, -0.15) is 0 Å². The highest BCUT2D eigenvalue weighted by atomic mass is 16.5. The van der Waals surface area contributed by atoms with Gasteiger partial charge in [-0.1, -0.05) is 0 Å². The molecule has 0 aliphatic carbocycles. The van der Waals surface area contributed by atoms with Gasteiger partial charge in [0.05, 0.1) is 12.7 Å². The molecule has 0 aromatic rings. The Morgan fingerprint density at radius 3 is 2.54 bits per heavy atom. The van der Waals surface area contributed by atoms with E-state index in [4.69, 9.17) is 9.47 Å². The first-order chi connectivity index (χ1) is 6.16. The van der Waals surface area contributed by atoms with Crippen LogP contribution in [0.4, 0.5) is 0 Å². The van der Waals surface area contributed by atoms with Crippen molar-refractivity contribution < 1.29 is 14.3 Å². The summed E-state index contributed by atoms with van der Waals surface area (Å²) in [4.78, 5) is 10.9. The predicted molar refractivity (Wildman–Crippen MR) is 51.6 cm³/mol. The zero-order chi connectivity index (χ0) is 10.1. The van der Waals surface area contributed by atoms with Gasteiger partial charge in [0, 0.05) is 13.0 Å². The van der Waals surface area contributed by atoms with Crippen LogP contribution in [0.2, 0.25) is 0 Å². The second kappa shape index (κ2) is 8.05. The number of ether oxygens (including phenoxy) is 2. The number of carbonyl (C=O) groups excluding carboxylic acids is 1. The van der Waals surface area contributed by atoms with Crippen LogP contribution in [-0.2, 0) is 14.3 Å². The molecule has 0 spiro atoms. The van der Waals surface area contributed by atoms with Crippen LogP contribution in [0, 0.1) is 0 Å². The van der Waals surface area contributed by atoms with Gasteiger partial charge >= 0.3 is 5.97 Å². The molecule has 3 heteroatoms. The maximum Gasteiger partial charge on any atom is 0.305 e. The van der Waals surface area contributed by atoms with Crippen LogP contribution in [0.15, 0.2) is 0 Å². The lowest BCUT2D eigenvalue weighted by molar-refractivity contribution is -0.143. The molecule has 0 aromatic carbocycles. The second-order valence-electron chi connectivity index (χ2n) is 3.18. The number of esters is 1. The lowest BCUT2D eigenvalue weighted by Crippen LogP contribution is -2.06. The molecule has 0 unspecified atom stereocenters. The van der Waals surface area contributed by atoms with E-state index in [1.165, 1.54) is 0 Å². The lowest BCUT2D eigenvalue weighted by Gasteiger charge is -2.06. The third kappa shape index (κ3) is 9.34. The van der Waals surface area contributed by atoms with E-state index in [0.29, 0.717) is 13.0 Å². The number of unbranched alkanes of at least 4 members (excludes halogenated alkanes) is 1. The monoisotopic (exact) mass is 188 g/mol. The smallest absolute Gasteiger partial charge is 0.305 e. The highest BCUT2D eigenvalue weighted by Crippen LogP contribution is 1.99. The van der Waals surface area contributed by atoms with Crippen molar-refractivity contribution in [3.8, 4) is 0 Å². The van der Waals surface area contributed by atoms with Crippen molar-refractivity contribution in [1.29, 1.82) is 0 Å². The molecule has 0 atom stereocenters. The molecule has 0 saturated carbocycles. The Bertz CT molecular complexity index is 132.